The Morgan fingerprint density at radius 2 is 1.93 bits per heavy atom. The minimum absolute atomic E-state index is 0.231. The van der Waals surface area contributed by atoms with E-state index in [0.717, 1.165) is 0 Å². The van der Waals surface area contributed by atoms with Crippen molar-refractivity contribution in [2.75, 3.05) is 7.05 Å². The van der Waals surface area contributed by atoms with Crippen LogP contribution in [0.15, 0.2) is 29.4 Å². The molecule has 2 saturated heterocycles. The van der Waals surface area contributed by atoms with Crippen LogP contribution >= 0.6 is 0 Å². The zero-order chi connectivity index (χ0) is 20.6. The first-order chi connectivity index (χ1) is 13.9. The van der Waals surface area contributed by atoms with Crippen molar-refractivity contribution in [1.82, 2.24) is 10.2 Å². The molecule has 1 aromatic rings. The van der Waals surface area contributed by atoms with Crippen molar-refractivity contribution in [3.8, 4) is 0 Å². The molecule has 0 aromatic heterocycles. The van der Waals surface area contributed by atoms with Gasteiger partial charge in [-0.05, 0) is 35.0 Å². The van der Waals surface area contributed by atoms with Crippen LogP contribution in [-0.2, 0) is 40.3 Å². The highest BCUT2D eigenvalue weighted by Gasteiger charge is 2.82. The van der Waals surface area contributed by atoms with Gasteiger partial charge in [-0.1, -0.05) is 11.0 Å². The second-order valence-corrected chi connectivity index (χ2v) is 7.56. The first-order valence-corrected chi connectivity index (χ1v) is 9.16. The molecule has 4 aliphatic rings. The Morgan fingerprint density at radius 3 is 2.48 bits per heavy atom. The summed E-state index contributed by atoms with van der Waals surface area (Å²) < 4.78 is 0. The average Bonchev–Trinajstić information content (AvgIpc) is 3.17. The number of nitrogens with zero attached hydrogens (tertiary/aromatic N) is 3. The summed E-state index contributed by atoms with van der Waals surface area (Å²) in [5.74, 6) is -2.25. The van der Waals surface area contributed by atoms with Crippen molar-refractivity contribution < 1.29 is 40.0 Å². The average molecular weight is 405 g/mol. The SMILES string of the molecule is CN1C=CC2C(=O)C3C(=NC21)NC1(c2cc(CO)c(CO)c(CO)c2)OO[N+]31O. The Bertz CT molecular complexity index is 941. The van der Waals surface area contributed by atoms with Gasteiger partial charge in [-0.2, -0.15) is 5.21 Å². The lowest BCUT2D eigenvalue weighted by atomic mass is 9.92. The molecule has 4 heterocycles. The smallest absolute Gasteiger partial charge is 0.392 e. The fraction of sp³-hybridized carbons (Fsp3) is 0.444. The van der Waals surface area contributed by atoms with Crippen LogP contribution in [0.5, 0.6) is 0 Å². The normalized spacial score (nSPS) is 36.9. The van der Waals surface area contributed by atoms with Crippen LogP contribution in [0, 0.1) is 5.92 Å². The van der Waals surface area contributed by atoms with Crippen LogP contribution < -0.4 is 5.32 Å². The Balaban J connectivity index is 1.63. The summed E-state index contributed by atoms with van der Waals surface area (Å²) in [6, 6.07) is 1.92. The highest BCUT2D eigenvalue weighted by molar-refractivity contribution is 6.11. The predicted octanol–water partition coefficient (Wildman–Crippen LogP) is -1.29. The largest absolute Gasteiger partial charge is 0.410 e. The summed E-state index contributed by atoms with van der Waals surface area (Å²) in [5, 5.41) is 43.3. The van der Waals surface area contributed by atoms with Gasteiger partial charge in [0.15, 0.2) is 5.84 Å². The van der Waals surface area contributed by atoms with Crippen LogP contribution in [-0.4, -0.2) is 61.1 Å². The van der Waals surface area contributed by atoms with Gasteiger partial charge in [0.1, 0.15) is 6.17 Å². The Kier molecular flexibility index (Phi) is 3.89. The second-order valence-electron chi connectivity index (χ2n) is 7.56. The van der Waals surface area contributed by atoms with Gasteiger partial charge in [0.2, 0.25) is 5.78 Å². The zero-order valence-corrected chi connectivity index (χ0v) is 15.5. The summed E-state index contributed by atoms with van der Waals surface area (Å²) in [6.07, 6.45) is 3.10. The summed E-state index contributed by atoms with van der Waals surface area (Å²) in [4.78, 5) is 28.6. The van der Waals surface area contributed by atoms with Crippen molar-refractivity contribution in [2.45, 2.75) is 37.9 Å². The van der Waals surface area contributed by atoms with E-state index in [1.54, 1.807) is 12.3 Å². The van der Waals surface area contributed by atoms with Crippen LogP contribution in [0.2, 0.25) is 0 Å². The van der Waals surface area contributed by atoms with Crippen molar-refractivity contribution in [2.24, 2.45) is 10.9 Å². The fourth-order valence-corrected chi connectivity index (χ4v) is 4.52. The van der Waals surface area contributed by atoms with E-state index in [0.29, 0.717) is 22.3 Å². The topological polar surface area (TPSA) is 144 Å². The minimum atomic E-state index is -1.69. The number of hydrogen-bond acceptors (Lipinski definition) is 10. The molecule has 5 N–H and O–H groups in total. The number of ketones is 1. The Hall–Kier alpha value is -2.38. The number of hydroxylamine groups is 4. The van der Waals surface area contributed by atoms with Gasteiger partial charge in [-0.3, -0.25) is 10.1 Å². The molecule has 0 saturated carbocycles. The maximum Gasteiger partial charge on any atom is 0.410 e. The van der Waals surface area contributed by atoms with Gasteiger partial charge < -0.3 is 20.2 Å². The molecule has 0 amide bonds. The van der Waals surface area contributed by atoms with E-state index in [1.807, 2.05) is 11.9 Å². The molecule has 29 heavy (non-hydrogen) atoms. The van der Waals surface area contributed by atoms with Gasteiger partial charge in [-0.15, -0.1) is 0 Å². The van der Waals surface area contributed by atoms with Gasteiger partial charge in [0.05, 0.1) is 36.1 Å². The molecule has 2 fully saturated rings. The number of aliphatic hydroxyl groups is 3. The maximum absolute atomic E-state index is 13.1. The first kappa shape index (κ1) is 18.6. The first-order valence-electron chi connectivity index (χ1n) is 9.16. The van der Waals surface area contributed by atoms with Gasteiger partial charge >= 0.3 is 5.85 Å². The fourth-order valence-electron chi connectivity index (χ4n) is 4.52. The molecular weight excluding hydrogens is 384 g/mol. The van der Waals surface area contributed by atoms with Crippen molar-refractivity contribution >= 4 is 11.6 Å². The van der Waals surface area contributed by atoms with E-state index in [2.05, 4.69) is 10.3 Å². The molecular formula is C18H21N4O7+. The third-order valence-electron chi connectivity index (χ3n) is 6.09. The van der Waals surface area contributed by atoms with Crippen LogP contribution in [0.1, 0.15) is 22.3 Å². The molecule has 0 aliphatic carbocycles. The van der Waals surface area contributed by atoms with Crippen LogP contribution in [0.3, 0.4) is 0 Å². The van der Waals surface area contributed by atoms with Crippen molar-refractivity contribution in [3.05, 3.63) is 46.7 Å². The molecule has 5 atom stereocenters. The lowest BCUT2D eigenvalue weighted by molar-refractivity contribution is -1.40. The molecule has 0 spiro atoms. The summed E-state index contributed by atoms with van der Waals surface area (Å²) in [6.45, 7) is -1.18. The monoisotopic (exact) mass is 405 g/mol. The van der Waals surface area contributed by atoms with Crippen LogP contribution in [0.25, 0.3) is 0 Å². The number of benzene rings is 1. The number of rotatable bonds is 4. The molecule has 1 aromatic carbocycles. The lowest BCUT2D eigenvalue weighted by Gasteiger charge is -2.44. The van der Waals surface area contributed by atoms with Gasteiger partial charge in [0, 0.05) is 12.0 Å². The van der Waals surface area contributed by atoms with Gasteiger partial charge in [0.25, 0.3) is 6.04 Å². The summed E-state index contributed by atoms with van der Waals surface area (Å²) in [5.41, 5.74) is 1.41. The summed E-state index contributed by atoms with van der Waals surface area (Å²) in [7, 11) is 1.81. The van der Waals surface area contributed by atoms with Crippen molar-refractivity contribution in [3.63, 3.8) is 0 Å². The number of hydrogen-bond donors (Lipinski definition) is 5. The minimum Gasteiger partial charge on any atom is -0.392 e. The van der Waals surface area contributed by atoms with E-state index in [1.165, 1.54) is 12.1 Å². The van der Waals surface area contributed by atoms with Crippen molar-refractivity contribution in [1.29, 1.82) is 0 Å². The number of nitrogens with one attached hydrogen (secondary N) is 1. The predicted molar refractivity (Wildman–Crippen MR) is 93.7 cm³/mol. The number of Topliss-reactive ketones (excluding diaryl/α,β-unsaturated/α-hetero) is 1. The maximum atomic E-state index is 13.1. The third-order valence-corrected chi connectivity index (χ3v) is 6.09. The number of carbonyl (C=O) groups is 1. The number of fused-ring (bicyclic) bond motifs is 4. The second kappa shape index (κ2) is 6.06. The Morgan fingerprint density at radius 1 is 1.24 bits per heavy atom. The van der Waals surface area contributed by atoms with E-state index in [4.69, 9.17) is 9.88 Å². The summed E-state index contributed by atoms with van der Waals surface area (Å²) >= 11 is 0. The number of aliphatic hydroxyl groups excluding tert-OH is 3. The molecule has 11 nitrogen and oxygen atoms in total. The number of aliphatic imine (C=N–C) groups is 1. The quantitative estimate of drug-likeness (QED) is 0.305. The molecule has 5 unspecified atom stereocenters. The molecule has 11 heteroatoms. The van der Waals surface area contributed by atoms with E-state index >= 15 is 0 Å². The number of carbonyl (C=O) groups excluding carboxylic acids is 1. The van der Waals surface area contributed by atoms with Gasteiger partial charge in [-0.25, -0.2) is 4.99 Å². The number of quaternary nitrogens is 1. The van der Waals surface area contributed by atoms with E-state index in [9.17, 15) is 25.3 Å². The molecule has 0 bridgehead atoms. The lowest BCUT2D eigenvalue weighted by Crippen LogP contribution is -2.74. The standard InChI is InChI=1S/C18H21N4O7/c1-21-3-2-12-15(26)14-16(19-17(12)21)20-18(22(14,27)29-28-18)11-4-9(6-23)13(8-25)10(5-11)7-24/h2-5,12,14,17,23-25,27H,6-8H2,1H3,(H,19,20)/q+1. The molecule has 5 rings (SSSR count). The highest BCUT2D eigenvalue weighted by Crippen LogP contribution is 2.51. The van der Waals surface area contributed by atoms with E-state index < -0.39 is 42.0 Å². The molecule has 0 radical (unpaired) electrons. The zero-order valence-electron chi connectivity index (χ0n) is 15.5. The van der Waals surface area contributed by atoms with E-state index in [-0.39, 0.29) is 18.2 Å². The highest BCUT2D eigenvalue weighted by atomic mass is 17.4. The Labute approximate surface area is 165 Å². The molecule has 4 aliphatic heterocycles. The third kappa shape index (κ3) is 2.15. The molecule has 154 valence electrons. The number of amidine groups is 1. The van der Waals surface area contributed by atoms with Crippen LogP contribution in [0.4, 0.5) is 0 Å².